The first kappa shape index (κ1) is 14.9. The van der Waals surface area contributed by atoms with Crippen LogP contribution in [0.3, 0.4) is 0 Å². The molecule has 3 rings (SSSR count). The lowest BCUT2D eigenvalue weighted by Crippen LogP contribution is -2.45. The second-order valence-corrected chi connectivity index (χ2v) is 7.07. The van der Waals surface area contributed by atoms with Gasteiger partial charge in [0.2, 0.25) is 0 Å². The van der Waals surface area contributed by atoms with Gasteiger partial charge >= 0.3 is 0 Å². The number of carbonyl (C=O) groups excluding carboxylic acids is 1. The van der Waals surface area contributed by atoms with Gasteiger partial charge in [0.05, 0.1) is 17.4 Å². The number of aromatic amines is 1. The van der Waals surface area contributed by atoms with E-state index in [4.69, 9.17) is 4.74 Å². The van der Waals surface area contributed by atoms with E-state index >= 15 is 0 Å². The van der Waals surface area contributed by atoms with Crippen molar-refractivity contribution in [3.8, 4) is 0 Å². The van der Waals surface area contributed by atoms with Crippen LogP contribution in [0.5, 0.6) is 0 Å². The van der Waals surface area contributed by atoms with E-state index in [0.29, 0.717) is 12.6 Å². The highest BCUT2D eigenvalue weighted by Crippen LogP contribution is 2.26. The Morgan fingerprint density at radius 1 is 1.48 bits per heavy atom. The van der Waals surface area contributed by atoms with E-state index in [1.54, 1.807) is 0 Å². The summed E-state index contributed by atoms with van der Waals surface area (Å²) in [6, 6.07) is 0.334. The van der Waals surface area contributed by atoms with E-state index in [-0.39, 0.29) is 12.0 Å². The molecule has 2 saturated heterocycles. The second kappa shape index (κ2) is 6.40. The van der Waals surface area contributed by atoms with Gasteiger partial charge in [-0.25, -0.2) is 0 Å². The molecule has 0 aromatic carbocycles. The molecule has 2 fully saturated rings. The summed E-state index contributed by atoms with van der Waals surface area (Å²) in [6.07, 6.45) is 3.45. The number of thioether (sulfide) groups is 1. The molecule has 6 heteroatoms. The molecular weight excluding hydrogens is 286 g/mol. The van der Waals surface area contributed by atoms with Crippen molar-refractivity contribution < 1.29 is 9.53 Å². The predicted molar refractivity (Wildman–Crippen MR) is 83.8 cm³/mol. The van der Waals surface area contributed by atoms with Crippen LogP contribution < -0.4 is 0 Å². The van der Waals surface area contributed by atoms with Gasteiger partial charge in [-0.3, -0.25) is 9.89 Å². The molecule has 2 aliphatic heterocycles. The van der Waals surface area contributed by atoms with Gasteiger partial charge in [-0.15, -0.1) is 0 Å². The Morgan fingerprint density at radius 3 is 2.90 bits per heavy atom. The number of amides is 1. The Morgan fingerprint density at radius 2 is 2.33 bits per heavy atom. The summed E-state index contributed by atoms with van der Waals surface area (Å²) in [5.41, 5.74) is 2.39. The number of rotatable bonds is 4. The molecule has 2 aliphatic rings. The standard InChI is InChI=1S/C15H23N3O2S/c1-10-14(11(2)17-16-10)15(19)18(12-5-7-21-9-12)8-13-4-3-6-20-13/h12-13H,3-9H2,1-2H3,(H,16,17). The number of ether oxygens (including phenoxy) is 1. The topological polar surface area (TPSA) is 58.2 Å². The maximum Gasteiger partial charge on any atom is 0.257 e. The van der Waals surface area contributed by atoms with E-state index < -0.39 is 0 Å². The molecule has 0 bridgehead atoms. The monoisotopic (exact) mass is 309 g/mol. The average Bonchev–Trinajstić information content (AvgIpc) is 3.18. The summed E-state index contributed by atoms with van der Waals surface area (Å²) in [5.74, 6) is 2.29. The third-order valence-electron chi connectivity index (χ3n) is 4.37. The molecule has 0 saturated carbocycles. The van der Waals surface area contributed by atoms with E-state index in [2.05, 4.69) is 10.2 Å². The summed E-state index contributed by atoms with van der Waals surface area (Å²) in [5, 5.41) is 7.09. The van der Waals surface area contributed by atoms with Crippen molar-refractivity contribution in [2.45, 2.75) is 45.3 Å². The van der Waals surface area contributed by atoms with Crippen LogP contribution in [0.1, 0.15) is 41.0 Å². The molecule has 0 radical (unpaired) electrons. The van der Waals surface area contributed by atoms with Gasteiger partial charge in [-0.1, -0.05) is 0 Å². The maximum atomic E-state index is 13.0. The smallest absolute Gasteiger partial charge is 0.257 e. The normalized spacial score (nSPS) is 25.4. The summed E-state index contributed by atoms with van der Waals surface area (Å²) >= 11 is 1.93. The SMILES string of the molecule is Cc1n[nH]c(C)c1C(=O)N(CC1CCCO1)C1CCSC1. The first-order chi connectivity index (χ1) is 10.2. The van der Waals surface area contributed by atoms with Crippen molar-refractivity contribution in [3.63, 3.8) is 0 Å². The van der Waals surface area contributed by atoms with Gasteiger partial charge in [-0.2, -0.15) is 16.9 Å². The zero-order chi connectivity index (χ0) is 14.8. The van der Waals surface area contributed by atoms with Crippen LogP contribution >= 0.6 is 11.8 Å². The fraction of sp³-hybridized carbons (Fsp3) is 0.733. The molecule has 1 aromatic rings. The number of hydrogen-bond acceptors (Lipinski definition) is 4. The van der Waals surface area contributed by atoms with Crippen LogP contribution in [0, 0.1) is 13.8 Å². The fourth-order valence-electron chi connectivity index (χ4n) is 3.18. The van der Waals surface area contributed by atoms with Crippen molar-refractivity contribution in [1.82, 2.24) is 15.1 Å². The highest BCUT2D eigenvalue weighted by atomic mass is 32.2. The van der Waals surface area contributed by atoms with E-state index in [1.165, 1.54) is 0 Å². The van der Waals surface area contributed by atoms with E-state index in [0.717, 1.165) is 54.3 Å². The van der Waals surface area contributed by atoms with Crippen molar-refractivity contribution in [2.24, 2.45) is 0 Å². The largest absolute Gasteiger partial charge is 0.376 e. The zero-order valence-electron chi connectivity index (χ0n) is 12.7. The summed E-state index contributed by atoms with van der Waals surface area (Å²) < 4.78 is 5.75. The summed E-state index contributed by atoms with van der Waals surface area (Å²) in [6.45, 7) is 5.36. The molecule has 1 aromatic heterocycles. The van der Waals surface area contributed by atoms with Crippen molar-refractivity contribution in [2.75, 3.05) is 24.7 Å². The van der Waals surface area contributed by atoms with Crippen LogP contribution in [0.15, 0.2) is 0 Å². The van der Waals surface area contributed by atoms with Gasteiger partial charge < -0.3 is 9.64 Å². The third kappa shape index (κ3) is 3.11. The lowest BCUT2D eigenvalue weighted by molar-refractivity contribution is 0.0440. The Labute approximate surface area is 129 Å². The Kier molecular flexibility index (Phi) is 4.54. The number of hydrogen-bond donors (Lipinski definition) is 1. The highest BCUT2D eigenvalue weighted by molar-refractivity contribution is 7.99. The van der Waals surface area contributed by atoms with Crippen LogP contribution in [0.4, 0.5) is 0 Å². The lowest BCUT2D eigenvalue weighted by atomic mass is 10.1. The van der Waals surface area contributed by atoms with Gasteiger partial charge in [0.15, 0.2) is 0 Å². The summed E-state index contributed by atoms with van der Waals surface area (Å²) in [4.78, 5) is 15.1. The van der Waals surface area contributed by atoms with Crippen LogP contribution in [0.25, 0.3) is 0 Å². The van der Waals surface area contributed by atoms with Crippen molar-refractivity contribution >= 4 is 17.7 Å². The number of nitrogens with one attached hydrogen (secondary N) is 1. The second-order valence-electron chi connectivity index (χ2n) is 5.92. The van der Waals surface area contributed by atoms with Crippen LogP contribution in [0.2, 0.25) is 0 Å². The fourth-order valence-corrected chi connectivity index (χ4v) is 4.41. The van der Waals surface area contributed by atoms with Crippen molar-refractivity contribution in [1.29, 1.82) is 0 Å². The Balaban J connectivity index is 1.81. The molecule has 1 N–H and O–H groups in total. The van der Waals surface area contributed by atoms with Gasteiger partial charge in [0.25, 0.3) is 5.91 Å². The van der Waals surface area contributed by atoms with Gasteiger partial charge in [-0.05, 0) is 38.9 Å². The molecule has 0 spiro atoms. The maximum absolute atomic E-state index is 13.0. The van der Waals surface area contributed by atoms with Crippen LogP contribution in [-0.2, 0) is 4.74 Å². The number of nitrogens with zero attached hydrogens (tertiary/aromatic N) is 2. The van der Waals surface area contributed by atoms with Gasteiger partial charge in [0, 0.05) is 30.6 Å². The molecule has 3 heterocycles. The number of aryl methyl sites for hydroxylation is 2. The number of H-pyrrole nitrogens is 1. The molecule has 1 amide bonds. The predicted octanol–water partition coefficient (Wildman–Crippen LogP) is 2.15. The lowest BCUT2D eigenvalue weighted by Gasteiger charge is -2.31. The van der Waals surface area contributed by atoms with Crippen LogP contribution in [-0.4, -0.2) is 57.8 Å². The minimum atomic E-state index is 0.113. The first-order valence-corrected chi connectivity index (χ1v) is 8.84. The Hall–Kier alpha value is -1.01. The zero-order valence-corrected chi connectivity index (χ0v) is 13.5. The molecule has 2 unspecified atom stereocenters. The third-order valence-corrected chi connectivity index (χ3v) is 5.52. The molecule has 5 nitrogen and oxygen atoms in total. The first-order valence-electron chi connectivity index (χ1n) is 7.68. The van der Waals surface area contributed by atoms with E-state index in [9.17, 15) is 4.79 Å². The Bertz CT molecular complexity index is 486. The number of carbonyl (C=O) groups is 1. The van der Waals surface area contributed by atoms with Crippen molar-refractivity contribution in [3.05, 3.63) is 17.0 Å². The minimum Gasteiger partial charge on any atom is -0.376 e. The number of aromatic nitrogens is 2. The molecule has 2 atom stereocenters. The quantitative estimate of drug-likeness (QED) is 0.926. The average molecular weight is 309 g/mol. The van der Waals surface area contributed by atoms with E-state index in [1.807, 2.05) is 30.5 Å². The summed E-state index contributed by atoms with van der Waals surface area (Å²) in [7, 11) is 0. The van der Waals surface area contributed by atoms with Gasteiger partial charge in [0.1, 0.15) is 0 Å². The molecular formula is C15H23N3O2S. The highest BCUT2D eigenvalue weighted by Gasteiger charge is 2.33. The molecule has 116 valence electrons. The molecule has 21 heavy (non-hydrogen) atoms. The minimum absolute atomic E-state index is 0.113. The molecule has 0 aliphatic carbocycles.